The van der Waals surface area contributed by atoms with Crippen LogP contribution in [0.15, 0.2) is 20.0 Å². The smallest absolute Gasteiger partial charge is 0.235 e. The maximum atomic E-state index is 10.3. The molecule has 14 heteroatoms. The fourth-order valence-electron chi connectivity index (χ4n) is 2.71. The van der Waals surface area contributed by atoms with E-state index in [4.69, 9.17) is 29.2 Å². The quantitative estimate of drug-likeness (QED) is 0.0973. The molecule has 0 amide bonds. The van der Waals surface area contributed by atoms with Crippen molar-refractivity contribution < 1.29 is 48.3 Å². The molecule has 0 aliphatic rings. The highest BCUT2D eigenvalue weighted by molar-refractivity contribution is 5.33. The number of hydrogen-bond acceptors (Lipinski definition) is 14. The Labute approximate surface area is 210 Å². The highest BCUT2D eigenvalue weighted by Crippen LogP contribution is 2.25. The Balaban J connectivity index is 0. The molecule has 0 aromatic carbocycles. The zero-order valence-corrected chi connectivity index (χ0v) is 20.5. The van der Waals surface area contributed by atoms with Crippen LogP contribution in [-0.4, -0.2) is 126 Å². The lowest BCUT2D eigenvalue weighted by Crippen LogP contribution is -2.40. The highest BCUT2D eigenvalue weighted by atomic mass is 16.6. The van der Waals surface area contributed by atoms with Crippen molar-refractivity contribution in [3.63, 3.8) is 0 Å². The summed E-state index contributed by atoms with van der Waals surface area (Å²) < 4.78 is 22.4. The van der Waals surface area contributed by atoms with Crippen molar-refractivity contribution in [2.75, 3.05) is 85.6 Å². The molecule has 0 bridgehead atoms. The lowest BCUT2D eigenvalue weighted by molar-refractivity contribution is -0.112. The number of rotatable bonds is 24. The van der Waals surface area contributed by atoms with Gasteiger partial charge in [-0.15, -0.1) is 0 Å². The summed E-state index contributed by atoms with van der Waals surface area (Å²) in [6, 6.07) is 0. The van der Waals surface area contributed by atoms with Crippen LogP contribution in [0.25, 0.3) is 0 Å². The van der Waals surface area contributed by atoms with Gasteiger partial charge in [-0.1, -0.05) is 0 Å². The SMILES string of the molecule is O=C=NCCCC(CCCN=C=O)(COCCOCCOCCN=C=O)OCCN=C=O.OCCO. The Hall–Kier alpha value is -2.72. The maximum Gasteiger partial charge on any atom is 0.235 e. The second kappa shape index (κ2) is 30.3. The van der Waals surface area contributed by atoms with Crippen molar-refractivity contribution in [2.24, 2.45) is 20.0 Å². The summed E-state index contributed by atoms with van der Waals surface area (Å²) in [7, 11) is 0. The number of nitrogens with zero attached hydrogens (tertiary/aromatic N) is 4. The van der Waals surface area contributed by atoms with Crippen molar-refractivity contribution in [2.45, 2.75) is 31.3 Å². The van der Waals surface area contributed by atoms with E-state index >= 15 is 0 Å². The Morgan fingerprint density at radius 2 is 0.972 bits per heavy atom. The van der Waals surface area contributed by atoms with Gasteiger partial charge in [0.15, 0.2) is 0 Å². The molecule has 204 valence electrons. The van der Waals surface area contributed by atoms with Gasteiger partial charge in [0.05, 0.1) is 91.2 Å². The predicted molar refractivity (Wildman–Crippen MR) is 126 cm³/mol. The molecule has 0 aromatic rings. The maximum absolute atomic E-state index is 10.3. The van der Waals surface area contributed by atoms with Crippen LogP contribution in [0.4, 0.5) is 0 Å². The monoisotopic (exact) mass is 516 g/mol. The van der Waals surface area contributed by atoms with Crippen molar-refractivity contribution in [3.8, 4) is 0 Å². The van der Waals surface area contributed by atoms with Crippen LogP contribution in [0.1, 0.15) is 25.7 Å². The molecule has 0 fully saturated rings. The summed E-state index contributed by atoms with van der Waals surface area (Å²) >= 11 is 0. The number of hydrogen-bond donors (Lipinski definition) is 2. The zero-order valence-electron chi connectivity index (χ0n) is 20.5. The second-order valence-electron chi connectivity index (χ2n) is 6.86. The second-order valence-corrected chi connectivity index (χ2v) is 6.86. The van der Waals surface area contributed by atoms with Gasteiger partial charge in [0.1, 0.15) is 0 Å². The van der Waals surface area contributed by atoms with Crippen molar-refractivity contribution in [3.05, 3.63) is 0 Å². The molecule has 0 heterocycles. The molecule has 0 spiro atoms. The molecule has 0 aliphatic carbocycles. The Kier molecular flexibility index (Phi) is 29.8. The normalized spacial score (nSPS) is 11.4. The summed E-state index contributed by atoms with van der Waals surface area (Å²) in [4.78, 5) is 54.8. The molecule has 36 heavy (non-hydrogen) atoms. The first-order valence-electron chi connectivity index (χ1n) is 11.4. The molecule has 2 N–H and O–H groups in total. The van der Waals surface area contributed by atoms with Crippen LogP contribution in [0, 0.1) is 0 Å². The van der Waals surface area contributed by atoms with Gasteiger partial charge < -0.3 is 29.2 Å². The van der Waals surface area contributed by atoms with Crippen LogP contribution in [0.2, 0.25) is 0 Å². The van der Waals surface area contributed by atoms with E-state index in [1.165, 1.54) is 24.3 Å². The first-order chi connectivity index (χ1) is 17.7. The van der Waals surface area contributed by atoms with Crippen molar-refractivity contribution in [1.82, 2.24) is 0 Å². The number of isocyanates is 4. The summed E-state index contributed by atoms with van der Waals surface area (Å²) in [5.41, 5.74) is -0.725. The predicted octanol–water partition coefficient (Wildman–Crippen LogP) is -0.334. The van der Waals surface area contributed by atoms with Gasteiger partial charge in [0.25, 0.3) is 0 Å². The van der Waals surface area contributed by atoms with Crippen LogP contribution >= 0.6 is 0 Å². The Bertz CT molecular complexity index is 637. The standard InChI is InChI=1S/C20H30N4O8.C2H6O2/c25-16-21-5-1-3-20(4-2-6-22-17-26,32-10-8-24-19-28)15-31-14-13-30-12-11-29-9-7-23-18-27;3-1-2-4/h1-15H2;3-4H,1-2H2. The Morgan fingerprint density at radius 3 is 1.44 bits per heavy atom. The molecule has 0 aliphatic heterocycles. The van der Waals surface area contributed by atoms with Gasteiger partial charge in [0.2, 0.25) is 24.3 Å². The van der Waals surface area contributed by atoms with E-state index in [1.807, 2.05) is 0 Å². The molecule has 0 unspecified atom stereocenters. The van der Waals surface area contributed by atoms with E-state index in [-0.39, 0.29) is 39.5 Å². The molecule has 0 rings (SSSR count). The van der Waals surface area contributed by atoms with Crippen LogP contribution in [0.3, 0.4) is 0 Å². The van der Waals surface area contributed by atoms with E-state index in [0.29, 0.717) is 71.8 Å². The molecule has 0 aromatic heterocycles. The van der Waals surface area contributed by atoms with Gasteiger partial charge in [-0.25, -0.2) is 39.1 Å². The number of ether oxygens (including phenoxy) is 4. The van der Waals surface area contributed by atoms with Gasteiger partial charge in [0, 0.05) is 0 Å². The van der Waals surface area contributed by atoms with Crippen LogP contribution in [-0.2, 0) is 38.1 Å². The average Bonchev–Trinajstić information content (AvgIpc) is 2.90. The molecular formula is C22H36N4O10. The van der Waals surface area contributed by atoms with Crippen molar-refractivity contribution >= 4 is 24.3 Å². The van der Waals surface area contributed by atoms with Gasteiger partial charge in [-0.3, -0.25) is 0 Å². The topological polar surface area (TPSA) is 195 Å². The lowest BCUT2D eigenvalue weighted by atomic mass is 9.92. The highest BCUT2D eigenvalue weighted by Gasteiger charge is 2.30. The largest absolute Gasteiger partial charge is 0.394 e. The van der Waals surface area contributed by atoms with E-state index in [2.05, 4.69) is 20.0 Å². The molecule has 0 saturated carbocycles. The van der Waals surface area contributed by atoms with Gasteiger partial charge >= 0.3 is 0 Å². The van der Waals surface area contributed by atoms with E-state index in [9.17, 15) is 19.2 Å². The lowest BCUT2D eigenvalue weighted by Gasteiger charge is -2.33. The zero-order chi connectivity index (χ0) is 27.0. The summed E-state index contributed by atoms with van der Waals surface area (Å²) in [5, 5.41) is 15.2. The molecule has 0 radical (unpaired) electrons. The van der Waals surface area contributed by atoms with Gasteiger partial charge in [-0.05, 0) is 25.7 Å². The average molecular weight is 517 g/mol. The van der Waals surface area contributed by atoms with Crippen LogP contribution < -0.4 is 0 Å². The van der Waals surface area contributed by atoms with Gasteiger partial charge in [-0.2, -0.15) is 0 Å². The third-order valence-corrected chi connectivity index (χ3v) is 4.23. The fourth-order valence-corrected chi connectivity index (χ4v) is 2.71. The number of aliphatic hydroxyl groups is 2. The van der Waals surface area contributed by atoms with E-state index in [1.54, 1.807) is 0 Å². The van der Waals surface area contributed by atoms with E-state index < -0.39 is 5.60 Å². The molecule has 14 nitrogen and oxygen atoms in total. The number of aliphatic imine (C=N–C) groups is 4. The number of carbonyl (C=O) groups excluding carboxylic acids is 4. The first-order valence-corrected chi connectivity index (χ1v) is 11.4. The summed E-state index contributed by atoms with van der Waals surface area (Å²) in [6.45, 7) is 2.91. The Morgan fingerprint density at radius 1 is 0.556 bits per heavy atom. The first kappa shape index (κ1) is 35.4. The summed E-state index contributed by atoms with van der Waals surface area (Å²) in [5.74, 6) is 0. The molecule has 0 atom stereocenters. The minimum atomic E-state index is -0.725. The van der Waals surface area contributed by atoms with Crippen LogP contribution in [0.5, 0.6) is 0 Å². The van der Waals surface area contributed by atoms with Crippen molar-refractivity contribution in [1.29, 1.82) is 0 Å². The molecular weight excluding hydrogens is 480 g/mol. The third-order valence-electron chi connectivity index (χ3n) is 4.23. The minimum absolute atomic E-state index is 0.125. The number of aliphatic hydroxyl groups excluding tert-OH is 2. The third kappa shape index (κ3) is 25.9. The molecule has 0 saturated heterocycles. The van der Waals surface area contributed by atoms with E-state index in [0.717, 1.165) is 0 Å². The minimum Gasteiger partial charge on any atom is -0.394 e. The summed E-state index contributed by atoms with van der Waals surface area (Å²) in [6.07, 6.45) is 8.10. The fraction of sp³-hybridized carbons (Fsp3) is 0.818.